The van der Waals surface area contributed by atoms with E-state index in [-0.39, 0.29) is 0 Å². The van der Waals surface area contributed by atoms with Crippen LogP contribution < -0.4 is 10.5 Å². The molecule has 0 unspecified atom stereocenters. The fourth-order valence-corrected chi connectivity index (χ4v) is 1.83. The van der Waals surface area contributed by atoms with Crippen LogP contribution in [-0.4, -0.2) is 12.4 Å². The van der Waals surface area contributed by atoms with Gasteiger partial charge in [-0.2, -0.15) is 0 Å². The average molecular weight is 195 g/mol. The molecule has 0 radical (unpaired) electrons. The zero-order chi connectivity index (χ0) is 9.26. The quantitative estimate of drug-likeness (QED) is 0.594. The smallest absolute Gasteiger partial charge is 0.135 e. The van der Waals surface area contributed by atoms with Crippen molar-refractivity contribution in [3.05, 3.63) is 18.2 Å². The third kappa shape index (κ3) is 1.91. The highest BCUT2D eigenvalue weighted by Crippen LogP contribution is 2.36. The largest absolute Gasteiger partial charge is 0.489 e. The summed E-state index contributed by atoms with van der Waals surface area (Å²) in [6.07, 6.45) is 4.82. The minimum atomic E-state index is 0.438. The molecule has 1 aliphatic rings. The Bertz CT molecular complexity index is 310. The molecule has 0 heterocycles. The van der Waals surface area contributed by atoms with Crippen LogP contribution in [0.5, 0.6) is 5.75 Å². The first-order chi connectivity index (χ1) is 6.31. The highest BCUT2D eigenvalue weighted by molar-refractivity contribution is 7.98. The van der Waals surface area contributed by atoms with Crippen molar-refractivity contribution in [2.24, 2.45) is 0 Å². The number of rotatable bonds is 3. The van der Waals surface area contributed by atoms with Gasteiger partial charge < -0.3 is 10.5 Å². The number of nitrogens with two attached hydrogens (primary N) is 1. The third-order valence-electron chi connectivity index (χ3n) is 2.03. The number of thioether (sulfide) groups is 1. The highest BCUT2D eigenvalue weighted by Gasteiger charge is 2.24. The van der Waals surface area contributed by atoms with Crippen molar-refractivity contribution in [1.82, 2.24) is 0 Å². The number of anilines is 1. The molecule has 2 nitrogen and oxygen atoms in total. The fraction of sp³-hybridized carbons (Fsp3) is 0.400. The number of hydrogen-bond donors (Lipinski definition) is 1. The van der Waals surface area contributed by atoms with Gasteiger partial charge in [0, 0.05) is 5.69 Å². The number of hydrogen-bond acceptors (Lipinski definition) is 3. The van der Waals surface area contributed by atoms with Gasteiger partial charge in [-0.15, -0.1) is 11.8 Å². The molecule has 0 aliphatic heterocycles. The lowest BCUT2D eigenvalue weighted by atomic mass is 10.3. The molecule has 1 aromatic carbocycles. The van der Waals surface area contributed by atoms with Gasteiger partial charge >= 0.3 is 0 Å². The zero-order valence-corrected chi connectivity index (χ0v) is 8.43. The summed E-state index contributed by atoms with van der Waals surface area (Å²) in [7, 11) is 0. The second-order valence-corrected chi connectivity index (χ2v) is 4.01. The number of benzene rings is 1. The van der Waals surface area contributed by atoms with E-state index in [1.807, 2.05) is 24.5 Å². The second kappa shape index (κ2) is 3.50. The summed E-state index contributed by atoms with van der Waals surface area (Å²) < 4.78 is 5.73. The van der Waals surface area contributed by atoms with Gasteiger partial charge in [-0.1, -0.05) is 6.07 Å². The van der Waals surface area contributed by atoms with Crippen LogP contribution in [0.15, 0.2) is 23.1 Å². The molecule has 0 spiro atoms. The van der Waals surface area contributed by atoms with Crippen molar-refractivity contribution in [3.8, 4) is 5.75 Å². The molecule has 0 atom stereocenters. The van der Waals surface area contributed by atoms with Crippen LogP contribution in [-0.2, 0) is 0 Å². The Hall–Kier alpha value is -0.830. The molecule has 1 aliphatic carbocycles. The Morgan fingerprint density at radius 3 is 2.85 bits per heavy atom. The number of nitrogen functional groups attached to an aromatic ring is 1. The fourth-order valence-electron chi connectivity index (χ4n) is 1.21. The van der Waals surface area contributed by atoms with E-state index in [0.717, 1.165) is 16.3 Å². The SMILES string of the molecule is CSc1c(N)cccc1OC1CC1. The van der Waals surface area contributed by atoms with Crippen molar-refractivity contribution in [3.63, 3.8) is 0 Å². The molecular weight excluding hydrogens is 182 g/mol. The second-order valence-electron chi connectivity index (χ2n) is 3.20. The van der Waals surface area contributed by atoms with Gasteiger partial charge in [0.15, 0.2) is 0 Å². The average Bonchev–Trinajstić information content (AvgIpc) is 2.89. The Morgan fingerprint density at radius 2 is 2.23 bits per heavy atom. The first kappa shape index (κ1) is 8.75. The van der Waals surface area contributed by atoms with E-state index >= 15 is 0 Å². The third-order valence-corrected chi connectivity index (χ3v) is 2.88. The molecule has 70 valence electrons. The van der Waals surface area contributed by atoms with Gasteiger partial charge in [-0.25, -0.2) is 0 Å². The molecule has 1 saturated carbocycles. The first-order valence-electron chi connectivity index (χ1n) is 4.40. The normalized spacial score (nSPS) is 15.8. The summed E-state index contributed by atoms with van der Waals surface area (Å²) in [4.78, 5) is 1.06. The van der Waals surface area contributed by atoms with Crippen molar-refractivity contribution >= 4 is 17.4 Å². The van der Waals surface area contributed by atoms with Crippen LogP contribution in [0.1, 0.15) is 12.8 Å². The zero-order valence-electron chi connectivity index (χ0n) is 7.62. The standard InChI is InChI=1S/C10H13NOS/c1-13-10-8(11)3-2-4-9(10)12-7-5-6-7/h2-4,7H,5-6,11H2,1H3. The maximum atomic E-state index is 5.83. The summed E-state index contributed by atoms with van der Waals surface area (Å²) in [6.45, 7) is 0. The Morgan fingerprint density at radius 1 is 1.46 bits per heavy atom. The Balaban J connectivity index is 2.25. The molecule has 3 heteroatoms. The van der Waals surface area contributed by atoms with Crippen LogP contribution >= 0.6 is 11.8 Å². The van der Waals surface area contributed by atoms with Crippen LogP contribution in [0, 0.1) is 0 Å². The predicted octanol–water partition coefficient (Wildman–Crippen LogP) is 2.53. The minimum Gasteiger partial charge on any atom is -0.489 e. The summed E-state index contributed by atoms with van der Waals surface area (Å²) >= 11 is 1.64. The maximum Gasteiger partial charge on any atom is 0.135 e. The van der Waals surface area contributed by atoms with Gasteiger partial charge in [0.05, 0.1) is 11.0 Å². The molecular formula is C10H13NOS. The highest BCUT2D eigenvalue weighted by atomic mass is 32.2. The van der Waals surface area contributed by atoms with Crippen LogP contribution in [0.25, 0.3) is 0 Å². The van der Waals surface area contributed by atoms with Gasteiger partial charge in [0.1, 0.15) is 5.75 Å². The van der Waals surface area contributed by atoms with Crippen molar-refractivity contribution in [2.45, 2.75) is 23.8 Å². The van der Waals surface area contributed by atoms with E-state index in [2.05, 4.69) is 0 Å². The van der Waals surface area contributed by atoms with Gasteiger partial charge in [-0.3, -0.25) is 0 Å². The molecule has 1 aromatic rings. The molecule has 0 saturated heterocycles. The van der Waals surface area contributed by atoms with Crippen molar-refractivity contribution in [1.29, 1.82) is 0 Å². The Labute approximate surface area is 82.5 Å². The van der Waals surface area contributed by atoms with Crippen LogP contribution in [0.3, 0.4) is 0 Å². The molecule has 13 heavy (non-hydrogen) atoms. The topological polar surface area (TPSA) is 35.2 Å². The number of ether oxygens (including phenoxy) is 1. The lowest BCUT2D eigenvalue weighted by molar-refractivity contribution is 0.296. The van der Waals surface area contributed by atoms with Crippen LogP contribution in [0.2, 0.25) is 0 Å². The maximum absolute atomic E-state index is 5.83. The summed E-state index contributed by atoms with van der Waals surface area (Å²) in [5, 5.41) is 0. The molecule has 2 rings (SSSR count). The van der Waals surface area contributed by atoms with Crippen molar-refractivity contribution in [2.75, 3.05) is 12.0 Å². The molecule has 0 amide bonds. The molecule has 2 N–H and O–H groups in total. The van der Waals surface area contributed by atoms with E-state index in [1.54, 1.807) is 11.8 Å². The van der Waals surface area contributed by atoms with E-state index in [4.69, 9.17) is 10.5 Å². The first-order valence-corrected chi connectivity index (χ1v) is 5.63. The Kier molecular flexibility index (Phi) is 2.36. The van der Waals surface area contributed by atoms with Gasteiger partial charge in [-0.05, 0) is 31.2 Å². The lowest BCUT2D eigenvalue weighted by Crippen LogP contribution is -1.99. The minimum absolute atomic E-state index is 0.438. The van der Waals surface area contributed by atoms with E-state index in [0.29, 0.717) is 6.10 Å². The van der Waals surface area contributed by atoms with Gasteiger partial charge in [0.25, 0.3) is 0 Å². The summed E-state index contributed by atoms with van der Waals surface area (Å²) in [6, 6.07) is 5.83. The molecule has 1 fully saturated rings. The molecule has 0 aromatic heterocycles. The monoisotopic (exact) mass is 195 g/mol. The van der Waals surface area contributed by atoms with E-state index in [1.165, 1.54) is 12.8 Å². The molecule has 0 bridgehead atoms. The predicted molar refractivity (Wildman–Crippen MR) is 56.3 cm³/mol. The van der Waals surface area contributed by atoms with E-state index in [9.17, 15) is 0 Å². The van der Waals surface area contributed by atoms with Gasteiger partial charge in [0.2, 0.25) is 0 Å². The van der Waals surface area contributed by atoms with Crippen molar-refractivity contribution < 1.29 is 4.74 Å². The van der Waals surface area contributed by atoms with E-state index < -0.39 is 0 Å². The summed E-state index contributed by atoms with van der Waals surface area (Å²) in [5.74, 6) is 0.940. The summed E-state index contributed by atoms with van der Waals surface area (Å²) in [5.41, 5.74) is 6.64. The van der Waals surface area contributed by atoms with Crippen LogP contribution in [0.4, 0.5) is 5.69 Å². The lowest BCUT2D eigenvalue weighted by Gasteiger charge is -2.10.